The van der Waals surface area contributed by atoms with E-state index in [0.29, 0.717) is 11.3 Å². The molecule has 21 heavy (non-hydrogen) atoms. The van der Waals surface area contributed by atoms with E-state index in [1.807, 2.05) is 45.9 Å². The van der Waals surface area contributed by atoms with Crippen molar-refractivity contribution in [2.24, 2.45) is 0 Å². The van der Waals surface area contributed by atoms with Crippen molar-refractivity contribution < 1.29 is 18.8 Å². The number of aldehydes is 1. The van der Waals surface area contributed by atoms with Crippen molar-refractivity contribution >= 4 is 18.9 Å². The first kappa shape index (κ1) is 14.6. The van der Waals surface area contributed by atoms with E-state index >= 15 is 0 Å². The zero-order chi connectivity index (χ0) is 15.3. The molecule has 0 spiro atoms. The highest BCUT2D eigenvalue weighted by Crippen LogP contribution is 2.37. The van der Waals surface area contributed by atoms with Crippen molar-refractivity contribution in [2.45, 2.75) is 57.8 Å². The summed E-state index contributed by atoms with van der Waals surface area (Å²) in [6.45, 7) is 7.99. The van der Waals surface area contributed by atoms with Crippen LogP contribution >= 0.6 is 0 Å². The third kappa shape index (κ3) is 2.60. The van der Waals surface area contributed by atoms with Crippen LogP contribution in [0.5, 0.6) is 5.75 Å². The first-order valence-electron chi connectivity index (χ1n) is 7.44. The smallest absolute Gasteiger partial charge is 0.490 e. The van der Waals surface area contributed by atoms with Crippen LogP contribution in [0, 0.1) is 0 Å². The molecule has 1 aliphatic carbocycles. The van der Waals surface area contributed by atoms with Gasteiger partial charge in [0.05, 0.1) is 22.9 Å². The summed E-state index contributed by atoms with van der Waals surface area (Å²) in [6.07, 6.45) is 3.19. The first-order valence-corrected chi connectivity index (χ1v) is 7.44. The molecule has 0 unspecified atom stereocenters. The van der Waals surface area contributed by atoms with Crippen LogP contribution in [0.4, 0.5) is 0 Å². The van der Waals surface area contributed by atoms with Gasteiger partial charge in [-0.25, -0.2) is 0 Å². The minimum Gasteiger partial charge on any atom is -0.490 e. The number of rotatable bonds is 4. The molecule has 112 valence electrons. The summed E-state index contributed by atoms with van der Waals surface area (Å²) in [6, 6.07) is 5.58. The van der Waals surface area contributed by atoms with E-state index < -0.39 is 18.3 Å². The lowest BCUT2D eigenvalue weighted by Crippen LogP contribution is -2.41. The highest BCUT2D eigenvalue weighted by atomic mass is 16.7. The van der Waals surface area contributed by atoms with E-state index in [1.54, 1.807) is 0 Å². The zero-order valence-electron chi connectivity index (χ0n) is 13.0. The molecule has 5 heteroatoms. The van der Waals surface area contributed by atoms with Crippen molar-refractivity contribution in [2.75, 3.05) is 0 Å². The van der Waals surface area contributed by atoms with Crippen LogP contribution in [0.15, 0.2) is 18.2 Å². The Morgan fingerprint density at radius 2 is 1.81 bits per heavy atom. The van der Waals surface area contributed by atoms with Gasteiger partial charge in [0.15, 0.2) is 6.29 Å². The molecule has 1 saturated carbocycles. The van der Waals surface area contributed by atoms with E-state index in [2.05, 4.69) is 0 Å². The molecule has 0 amide bonds. The van der Waals surface area contributed by atoms with Crippen LogP contribution in [-0.4, -0.2) is 30.7 Å². The van der Waals surface area contributed by atoms with E-state index in [9.17, 15) is 4.79 Å². The van der Waals surface area contributed by atoms with Crippen LogP contribution in [0.1, 0.15) is 50.9 Å². The summed E-state index contributed by atoms with van der Waals surface area (Å²) in [7, 11) is -0.544. The van der Waals surface area contributed by atoms with Crippen molar-refractivity contribution in [1.82, 2.24) is 0 Å². The molecule has 0 atom stereocenters. The topological polar surface area (TPSA) is 44.8 Å². The third-order valence-electron chi connectivity index (χ3n) is 4.54. The predicted molar refractivity (Wildman–Crippen MR) is 81.2 cm³/mol. The monoisotopic (exact) mass is 288 g/mol. The molecule has 2 fully saturated rings. The molecule has 1 saturated heterocycles. The number of hydrogen-bond acceptors (Lipinski definition) is 4. The maximum Gasteiger partial charge on any atom is 0.495 e. The molecule has 1 aliphatic heterocycles. The van der Waals surface area contributed by atoms with Crippen LogP contribution in [0.2, 0.25) is 0 Å². The van der Waals surface area contributed by atoms with Crippen LogP contribution < -0.4 is 10.2 Å². The van der Waals surface area contributed by atoms with Gasteiger partial charge >= 0.3 is 7.12 Å². The second-order valence-corrected chi connectivity index (χ2v) is 6.78. The third-order valence-corrected chi connectivity index (χ3v) is 4.54. The number of ether oxygens (including phenoxy) is 1. The van der Waals surface area contributed by atoms with Gasteiger partial charge < -0.3 is 14.0 Å². The molecule has 0 N–H and O–H groups in total. The summed E-state index contributed by atoms with van der Waals surface area (Å²) < 4.78 is 17.9. The Kier molecular flexibility index (Phi) is 3.37. The normalized spacial score (nSPS) is 23.1. The molecule has 4 nitrogen and oxygen atoms in total. The standard InChI is InChI=1S/C16H21BO4/c1-15(2)16(3,4)21-17(20-15)13-6-5-7-14(12(13)10-18)19-11-8-9-11/h5-7,10-11H,8-9H2,1-4H3. The molecule has 2 aliphatic rings. The zero-order valence-corrected chi connectivity index (χ0v) is 13.0. The van der Waals surface area contributed by atoms with Crippen LogP contribution in [-0.2, 0) is 9.31 Å². The molecule has 1 heterocycles. The van der Waals surface area contributed by atoms with Gasteiger partial charge in [-0.3, -0.25) is 4.79 Å². The molecule has 0 aromatic heterocycles. The van der Waals surface area contributed by atoms with E-state index in [0.717, 1.165) is 24.6 Å². The van der Waals surface area contributed by atoms with Crippen molar-refractivity contribution in [1.29, 1.82) is 0 Å². The number of carbonyl (C=O) groups excluding carboxylic acids is 1. The average Bonchev–Trinajstić information content (AvgIpc) is 3.17. The Bertz CT molecular complexity index is 547. The van der Waals surface area contributed by atoms with Gasteiger partial charge in [-0.15, -0.1) is 0 Å². The quantitative estimate of drug-likeness (QED) is 0.630. The summed E-state index contributed by atoms with van der Waals surface area (Å²) >= 11 is 0. The van der Waals surface area contributed by atoms with Crippen molar-refractivity contribution in [3.63, 3.8) is 0 Å². The molecular weight excluding hydrogens is 267 g/mol. The Labute approximate surface area is 125 Å². The van der Waals surface area contributed by atoms with Gasteiger partial charge in [0, 0.05) is 0 Å². The lowest BCUT2D eigenvalue weighted by Gasteiger charge is -2.32. The molecule has 3 rings (SSSR count). The van der Waals surface area contributed by atoms with E-state index in [1.165, 1.54) is 0 Å². The fourth-order valence-electron chi connectivity index (χ4n) is 2.33. The number of benzene rings is 1. The Balaban J connectivity index is 1.93. The molecule has 0 bridgehead atoms. The Morgan fingerprint density at radius 3 is 2.33 bits per heavy atom. The summed E-state index contributed by atoms with van der Waals surface area (Å²) in [5.74, 6) is 0.625. The van der Waals surface area contributed by atoms with Crippen molar-refractivity contribution in [3.8, 4) is 5.75 Å². The summed E-state index contributed by atoms with van der Waals surface area (Å²) in [4.78, 5) is 11.5. The minimum absolute atomic E-state index is 0.247. The lowest BCUT2D eigenvalue weighted by atomic mass is 9.76. The van der Waals surface area contributed by atoms with E-state index in [4.69, 9.17) is 14.0 Å². The summed E-state index contributed by atoms with van der Waals surface area (Å²) in [5.41, 5.74) is 0.417. The van der Waals surface area contributed by atoms with Gasteiger partial charge in [-0.05, 0) is 52.1 Å². The molecule has 1 aromatic carbocycles. The average molecular weight is 288 g/mol. The predicted octanol–water partition coefficient (Wildman–Crippen LogP) is 2.34. The van der Waals surface area contributed by atoms with Gasteiger partial charge in [0.2, 0.25) is 0 Å². The fraction of sp³-hybridized carbons (Fsp3) is 0.562. The Hall–Kier alpha value is -1.33. The number of carbonyl (C=O) groups is 1. The van der Waals surface area contributed by atoms with Crippen LogP contribution in [0.25, 0.3) is 0 Å². The minimum atomic E-state index is -0.544. The maximum atomic E-state index is 11.5. The molecule has 1 aromatic rings. The lowest BCUT2D eigenvalue weighted by molar-refractivity contribution is 0.00578. The SMILES string of the molecule is CC1(C)OB(c2cccc(OC3CC3)c2C=O)OC1(C)C. The fourth-order valence-corrected chi connectivity index (χ4v) is 2.33. The van der Waals surface area contributed by atoms with Gasteiger partial charge in [-0.1, -0.05) is 12.1 Å². The molecule has 0 radical (unpaired) electrons. The maximum absolute atomic E-state index is 11.5. The second kappa shape index (κ2) is 4.85. The highest BCUT2D eigenvalue weighted by molar-refractivity contribution is 6.63. The van der Waals surface area contributed by atoms with E-state index in [-0.39, 0.29) is 6.10 Å². The van der Waals surface area contributed by atoms with Gasteiger partial charge in [0.25, 0.3) is 0 Å². The highest BCUT2D eigenvalue weighted by Gasteiger charge is 2.52. The molecular formula is C16H21BO4. The van der Waals surface area contributed by atoms with Gasteiger partial charge in [0.1, 0.15) is 5.75 Å². The number of hydrogen-bond donors (Lipinski definition) is 0. The largest absolute Gasteiger partial charge is 0.495 e. The first-order chi connectivity index (χ1) is 9.84. The van der Waals surface area contributed by atoms with Crippen LogP contribution in [0.3, 0.4) is 0 Å². The summed E-state index contributed by atoms with van der Waals surface area (Å²) in [5, 5.41) is 0. The Morgan fingerprint density at radius 1 is 1.19 bits per heavy atom. The second-order valence-electron chi connectivity index (χ2n) is 6.78. The van der Waals surface area contributed by atoms with Gasteiger partial charge in [-0.2, -0.15) is 0 Å². The van der Waals surface area contributed by atoms with Crippen molar-refractivity contribution in [3.05, 3.63) is 23.8 Å².